The Balaban J connectivity index is 3.33. The third-order valence-corrected chi connectivity index (χ3v) is 0.776. The molecule has 0 bridgehead atoms. The minimum absolute atomic E-state index is 0.273. The minimum Gasteiger partial charge on any atom is -0.441 e. The average molecular weight is 141 g/mol. The Morgan fingerprint density at radius 3 is 2.44 bits per heavy atom. The molecule has 0 spiro atoms. The molecule has 0 fully saturated rings. The fraction of sp³-hybridized carbons (Fsp3) is 1.00. The zero-order chi connectivity index (χ0) is 7.33. The summed E-state index contributed by atoms with van der Waals surface area (Å²) in [6.07, 6.45) is 0. The quantitative estimate of drug-likeness (QED) is 0.521. The van der Waals surface area contributed by atoms with Crippen LogP contribution in [-0.2, 0) is 4.74 Å². The number of hydrogen-bond acceptors (Lipinski definition) is 1. The zero-order valence-electron chi connectivity index (χ0n) is 5.29. The molecule has 56 valence electrons. The summed E-state index contributed by atoms with van der Waals surface area (Å²) in [7, 11) is 0. The second kappa shape index (κ2) is 3.74. The van der Waals surface area contributed by atoms with Crippen LogP contribution in [0.5, 0.6) is 0 Å². The van der Waals surface area contributed by atoms with E-state index in [-0.39, 0.29) is 6.61 Å². The first-order valence-electron chi connectivity index (χ1n) is 2.72. The van der Waals surface area contributed by atoms with Gasteiger partial charge in [0.15, 0.2) is 0 Å². The van der Waals surface area contributed by atoms with Crippen molar-refractivity contribution in [3.63, 3.8) is 0 Å². The van der Waals surface area contributed by atoms with Crippen LogP contribution in [0.25, 0.3) is 0 Å². The molecule has 0 aliphatic heterocycles. The van der Waals surface area contributed by atoms with Crippen LogP contribution < -0.4 is 0 Å². The summed E-state index contributed by atoms with van der Waals surface area (Å²) in [4.78, 5) is 0. The van der Waals surface area contributed by atoms with Gasteiger partial charge in [0.05, 0.1) is 0 Å². The first-order valence-corrected chi connectivity index (χ1v) is 2.72. The van der Waals surface area contributed by atoms with Gasteiger partial charge in [-0.15, -0.1) is 0 Å². The lowest BCUT2D eigenvalue weighted by molar-refractivity contribution is -0.105. The number of halogens is 2. The van der Waals surface area contributed by atoms with Crippen molar-refractivity contribution in [1.29, 1.82) is 0 Å². The number of alkyl halides is 2. The van der Waals surface area contributed by atoms with Crippen LogP contribution in [0.4, 0.5) is 8.78 Å². The van der Waals surface area contributed by atoms with Gasteiger partial charge >= 0.3 is 5.92 Å². The third kappa shape index (κ3) is 4.29. The van der Waals surface area contributed by atoms with Crippen molar-refractivity contribution in [2.75, 3.05) is 19.8 Å². The maximum atomic E-state index is 12.0. The minimum atomic E-state index is -2.96. The molecule has 0 radical (unpaired) electrons. The fourth-order valence-electron chi connectivity index (χ4n) is 0.302. The zero-order valence-corrected chi connectivity index (χ0v) is 5.29. The maximum Gasteiger partial charge on any atom is 0.337 e. The molecule has 0 aliphatic rings. The van der Waals surface area contributed by atoms with Crippen molar-refractivity contribution in [2.45, 2.75) is 12.8 Å². The van der Waals surface area contributed by atoms with E-state index in [9.17, 15) is 8.78 Å². The Hall–Kier alpha value is -0.220. The molecule has 0 rings (SSSR count). The molecule has 2 N–H and O–H groups in total. The van der Waals surface area contributed by atoms with Crippen LogP contribution in [-0.4, -0.2) is 30.8 Å². The maximum absolute atomic E-state index is 12.0. The van der Waals surface area contributed by atoms with Gasteiger partial charge in [0.2, 0.25) is 6.61 Å². The molecule has 0 aromatic heterocycles. The van der Waals surface area contributed by atoms with Gasteiger partial charge in [-0.1, -0.05) is 0 Å². The van der Waals surface area contributed by atoms with E-state index in [0.29, 0.717) is 0 Å². The highest BCUT2D eigenvalue weighted by Gasteiger charge is 2.30. The highest BCUT2D eigenvalue weighted by molar-refractivity contribution is 4.61. The van der Waals surface area contributed by atoms with E-state index in [0.717, 1.165) is 0 Å². The smallest absolute Gasteiger partial charge is 0.337 e. The lowest BCUT2D eigenvalue weighted by Crippen LogP contribution is -2.27. The molecule has 2 nitrogen and oxygen atoms in total. The van der Waals surface area contributed by atoms with Crippen LogP contribution in [0.2, 0.25) is 0 Å². The Morgan fingerprint density at radius 1 is 1.56 bits per heavy atom. The summed E-state index contributed by atoms with van der Waals surface area (Å²) in [6.45, 7) is 0.385. The predicted molar refractivity (Wildman–Crippen MR) is 29.9 cm³/mol. The summed E-state index contributed by atoms with van der Waals surface area (Å²) >= 11 is 0. The fourth-order valence-corrected chi connectivity index (χ4v) is 0.302. The topological polar surface area (TPSA) is 32.1 Å². The van der Waals surface area contributed by atoms with Crippen molar-refractivity contribution in [1.82, 2.24) is 0 Å². The average Bonchev–Trinajstić information content (AvgIpc) is 1.84. The molecular weight excluding hydrogens is 130 g/mol. The van der Waals surface area contributed by atoms with Gasteiger partial charge in [0, 0.05) is 6.61 Å². The van der Waals surface area contributed by atoms with Gasteiger partial charge in [0.25, 0.3) is 0 Å². The summed E-state index contributed by atoms with van der Waals surface area (Å²) in [5.74, 6) is -2.96. The van der Waals surface area contributed by atoms with Gasteiger partial charge in [-0.3, -0.25) is 0 Å². The van der Waals surface area contributed by atoms with E-state index in [4.69, 9.17) is 5.11 Å². The third-order valence-electron chi connectivity index (χ3n) is 0.776. The van der Waals surface area contributed by atoms with Crippen molar-refractivity contribution in [2.24, 2.45) is 0 Å². The molecule has 0 unspecified atom stereocenters. The Kier molecular flexibility index (Phi) is 3.65. The normalized spacial score (nSPS) is 12.0. The summed E-state index contributed by atoms with van der Waals surface area (Å²) in [5.41, 5.74) is 0. The molecule has 0 amide bonds. The van der Waals surface area contributed by atoms with Crippen molar-refractivity contribution in [3.05, 3.63) is 0 Å². The number of ether oxygens (including phenoxy) is 1. The van der Waals surface area contributed by atoms with Crippen molar-refractivity contribution in [3.8, 4) is 0 Å². The molecule has 0 aliphatic carbocycles. The van der Waals surface area contributed by atoms with Crippen LogP contribution >= 0.6 is 0 Å². The van der Waals surface area contributed by atoms with Crippen molar-refractivity contribution < 1.29 is 18.6 Å². The number of hydrogen-bond donors (Lipinski definition) is 0. The van der Waals surface area contributed by atoms with Crippen LogP contribution in [0.15, 0.2) is 0 Å². The standard InChI is InChI=1S/C5H10F2O2/c1-2-9-4-5(6,7)3-8/h8H,2-4H2,1H3/p+1. The molecule has 9 heavy (non-hydrogen) atoms. The molecule has 0 saturated carbocycles. The molecule has 4 heteroatoms. The largest absolute Gasteiger partial charge is 0.441 e. The van der Waals surface area contributed by atoms with E-state index in [1.165, 1.54) is 0 Å². The first-order chi connectivity index (χ1) is 4.12. The predicted octanol–water partition coefficient (Wildman–Crippen LogP) is 0.383. The molecule has 0 atom stereocenters. The van der Waals surface area contributed by atoms with Crippen LogP contribution in [0.1, 0.15) is 6.92 Å². The Morgan fingerprint density at radius 2 is 2.11 bits per heavy atom. The lowest BCUT2D eigenvalue weighted by atomic mass is 10.4. The second-order valence-electron chi connectivity index (χ2n) is 1.67. The highest BCUT2D eigenvalue weighted by Crippen LogP contribution is 2.11. The van der Waals surface area contributed by atoms with Gasteiger partial charge in [-0.2, -0.15) is 8.78 Å². The van der Waals surface area contributed by atoms with Gasteiger partial charge < -0.3 is 9.84 Å². The van der Waals surface area contributed by atoms with Crippen molar-refractivity contribution >= 4 is 0 Å². The molecule has 0 saturated heterocycles. The van der Waals surface area contributed by atoms with Gasteiger partial charge in [-0.05, 0) is 6.92 Å². The first kappa shape index (κ1) is 8.78. The van der Waals surface area contributed by atoms with E-state index in [2.05, 4.69) is 4.74 Å². The van der Waals surface area contributed by atoms with E-state index in [1.54, 1.807) is 6.92 Å². The van der Waals surface area contributed by atoms with E-state index < -0.39 is 19.1 Å². The molecule has 0 aromatic rings. The van der Waals surface area contributed by atoms with Gasteiger partial charge in [0.1, 0.15) is 6.61 Å². The molecule has 0 aromatic carbocycles. The van der Waals surface area contributed by atoms with Crippen LogP contribution in [0.3, 0.4) is 0 Å². The summed E-state index contributed by atoms with van der Waals surface area (Å²) < 4.78 is 28.5. The summed E-state index contributed by atoms with van der Waals surface area (Å²) in [5, 5.41) is 6.35. The SMILES string of the molecule is CCOCC(F)(F)C[OH2+]. The van der Waals surface area contributed by atoms with E-state index >= 15 is 0 Å². The lowest BCUT2D eigenvalue weighted by Gasteiger charge is -2.08. The molecular formula is C5H11F2O2+. The molecule has 0 heterocycles. The Bertz CT molecular complexity index is 75.4. The van der Waals surface area contributed by atoms with E-state index in [1.807, 2.05) is 0 Å². The summed E-state index contributed by atoms with van der Waals surface area (Å²) in [6, 6.07) is 0. The highest BCUT2D eigenvalue weighted by atomic mass is 19.3. The van der Waals surface area contributed by atoms with Gasteiger partial charge in [-0.25, -0.2) is 0 Å². The Labute approximate surface area is 52.4 Å². The monoisotopic (exact) mass is 141 g/mol. The number of rotatable bonds is 4. The second-order valence-corrected chi connectivity index (χ2v) is 1.67. The van der Waals surface area contributed by atoms with Crippen LogP contribution in [0, 0.1) is 0 Å².